The lowest BCUT2D eigenvalue weighted by Gasteiger charge is -2.39. The first-order valence-electron chi connectivity index (χ1n) is 7.11. The summed E-state index contributed by atoms with van der Waals surface area (Å²) in [5.74, 6) is 2.57. The summed E-state index contributed by atoms with van der Waals surface area (Å²) in [6, 6.07) is 0. The van der Waals surface area contributed by atoms with Crippen molar-refractivity contribution in [2.75, 3.05) is 5.88 Å². The Morgan fingerprint density at radius 2 is 1.71 bits per heavy atom. The van der Waals surface area contributed by atoms with E-state index in [9.17, 15) is 4.79 Å². The van der Waals surface area contributed by atoms with Crippen LogP contribution in [0, 0.1) is 23.2 Å². The molecule has 0 spiro atoms. The van der Waals surface area contributed by atoms with Crippen molar-refractivity contribution >= 4 is 17.4 Å². The van der Waals surface area contributed by atoms with E-state index in [4.69, 9.17) is 11.6 Å². The highest BCUT2D eigenvalue weighted by Crippen LogP contribution is 2.48. The van der Waals surface area contributed by atoms with Gasteiger partial charge >= 0.3 is 0 Å². The first kappa shape index (κ1) is 13.4. The minimum atomic E-state index is 0.209. The van der Waals surface area contributed by atoms with Crippen LogP contribution in [0.1, 0.15) is 58.8 Å². The van der Waals surface area contributed by atoms with Crippen molar-refractivity contribution in [1.82, 2.24) is 0 Å². The molecule has 0 radical (unpaired) electrons. The molecule has 98 valence electrons. The molecule has 0 aromatic carbocycles. The summed E-state index contributed by atoms with van der Waals surface area (Å²) in [6.07, 6.45) is 8.90. The van der Waals surface area contributed by atoms with E-state index in [-0.39, 0.29) is 17.6 Å². The van der Waals surface area contributed by atoms with E-state index in [1.807, 2.05) is 0 Å². The highest BCUT2D eigenvalue weighted by molar-refractivity contribution is 6.27. The van der Waals surface area contributed by atoms with Gasteiger partial charge in [-0.3, -0.25) is 4.79 Å². The van der Waals surface area contributed by atoms with Gasteiger partial charge in [0.05, 0.1) is 5.88 Å². The molecule has 0 heterocycles. The summed E-state index contributed by atoms with van der Waals surface area (Å²) in [4.78, 5) is 11.6. The van der Waals surface area contributed by atoms with Crippen LogP contribution in [0.2, 0.25) is 0 Å². The molecule has 0 N–H and O–H groups in total. The number of alkyl halides is 1. The molecule has 2 rings (SSSR count). The molecule has 2 fully saturated rings. The molecule has 2 aliphatic carbocycles. The number of hydrogen-bond acceptors (Lipinski definition) is 1. The minimum Gasteiger partial charge on any atom is -0.298 e. The van der Waals surface area contributed by atoms with Gasteiger partial charge in [-0.25, -0.2) is 0 Å². The van der Waals surface area contributed by atoms with Gasteiger partial charge in [0.25, 0.3) is 0 Å². The van der Waals surface area contributed by atoms with E-state index in [0.29, 0.717) is 5.41 Å². The van der Waals surface area contributed by atoms with Gasteiger partial charge in [-0.2, -0.15) is 0 Å². The summed E-state index contributed by atoms with van der Waals surface area (Å²) in [5.41, 5.74) is 0.482. The largest absolute Gasteiger partial charge is 0.298 e. The molecule has 2 heteroatoms. The van der Waals surface area contributed by atoms with Crippen molar-refractivity contribution in [3.05, 3.63) is 0 Å². The van der Waals surface area contributed by atoms with Gasteiger partial charge in [-0.05, 0) is 49.4 Å². The quantitative estimate of drug-likeness (QED) is 0.665. The SMILES string of the molecule is CC(C)(CC1CC1)C1CCC(C(=O)CCl)CC1. The van der Waals surface area contributed by atoms with E-state index in [1.165, 1.54) is 32.1 Å². The maximum absolute atomic E-state index is 11.6. The number of carbonyl (C=O) groups is 1. The zero-order valence-electron chi connectivity index (χ0n) is 11.2. The maximum atomic E-state index is 11.6. The molecular weight excluding hydrogens is 232 g/mol. The smallest absolute Gasteiger partial charge is 0.150 e. The highest BCUT2D eigenvalue weighted by Gasteiger charge is 2.38. The molecular formula is C15H25ClO. The van der Waals surface area contributed by atoms with Crippen LogP contribution in [-0.2, 0) is 4.79 Å². The van der Waals surface area contributed by atoms with E-state index in [0.717, 1.165) is 24.7 Å². The molecule has 17 heavy (non-hydrogen) atoms. The van der Waals surface area contributed by atoms with Crippen molar-refractivity contribution in [3.63, 3.8) is 0 Å². The van der Waals surface area contributed by atoms with Gasteiger partial charge in [-0.1, -0.05) is 26.7 Å². The molecule has 0 aromatic rings. The van der Waals surface area contributed by atoms with Gasteiger partial charge in [0, 0.05) is 5.92 Å². The van der Waals surface area contributed by atoms with Crippen LogP contribution in [0.15, 0.2) is 0 Å². The second-order valence-corrected chi connectivity index (χ2v) is 7.05. The van der Waals surface area contributed by atoms with E-state index >= 15 is 0 Å². The van der Waals surface area contributed by atoms with Gasteiger partial charge in [0.2, 0.25) is 0 Å². The monoisotopic (exact) mass is 256 g/mol. The van der Waals surface area contributed by atoms with Crippen LogP contribution in [-0.4, -0.2) is 11.7 Å². The van der Waals surface area contributed by atoms with Crippen LogP contribution < -0.4 is 0 Å². The fraction of sp³-hybridized carbons (Fsp3) is 0.933. The lowest BCUT2D eigenvalue weighted by atomic mass is 9.66. The third kappa shape index (κ3) is 3.47. The summed E-state index contributed by atoms with van der Waals surface area (Å²) >= 11 is 5.64. The molecule has 0 aromatic heterocycles. The molecule has 1 nitrogen and oxygen atoms in total. The Bertz CT molecular complexity index is 273. The summed E-state index contributed by atoms with van der Waals surface area (Å²) < 4.78 is 0. The third-order valence-corrected chi connectivity index (χ3v) is 5.19. The second kappa shape index (κ2) is 5.30. The Morgan fingerprint density at radius 1 is 1.12 bits per heavy atom. The number of Topliss-reactive ketones (excluding diaryl/α,β-unsaturated/α-hetero) is 1. The Hall–Kier alpha value is -0.0400. The molecule has 0 amide bonds. The lowest BCUT2D eigenvalue weighted by Crippen LogP contribution is -2.31. The zero-order valence-corrected chi connectivity index (χ0v) is 11.9. The van der Waals surface area contributed by atoms with Gasteiger partial charge < -0.3 is 0 Å². The fourth-order valence-electron chi connectivity index (χ4n) is 3.54. The first-order valence-corrected chi connectivity index (χ1v) is 7.65. The van der Waals surface area contributed by atoms with Gasteiger partial charge in [-0.15, -0.1) is 11.6 Å². The Morgan fingerprint density at radius 3 is 2.18 bits per heavy atom. The van der Waals surface area contributed by atoms with Crippen LogP contribution in [0.25, 0.3) is 0 Å². The molecule has 0 bridgehead atoms. The third-order valence-electron chi connectivity index (χ3n) is 4.93. The summed E-state index contributed by atoms with van der Waals surface area (Å²) in [6.45, 7) is 4.86. The van der Waals surface area contributed by atoms with E-state index in [1.54, 1.807) is 0 Å². The topological polar surface area (TPSA) is 17.1 Å². The minimum absolute atomic E-state index is 0.209. The van der Waals surface area contributed by atoms with Gasteiger partial charge in [0.15, 0.2) is 5.78 Å². The molecule has 0 saturated heterocycles. The first-order chi connectivity index (χ1) is 8.03. The normalized spacial score (nSPS) is 30.3. The van der Waals surface area contributed by atoms with Crippen molar-refractivity contribution < 1.29 is 4.79 Å². The second-order valence-electron chi connectivity index (χ2n) is 6.78. The Labute approximate surface area is 110 Å². The lowest BCUT2D eigenvalue weighted by molar-refractivity contribution is -0.122. The molecule has 0 aliphatic heterocycles. The van der Waals surface area contributed by atoms with Crippen LogP contribution >= 0.6 is 11.6 Å². The molecule has 2 aliphatic rings. The number of carbonyl (C=O) groups excluding carboxylic acids is 1. The Balaban J connectivity index is 1.82. The number of rotatable bonds is 5. The van der Waals surface area contributed by atoms with Crippen LogP contribution in [0.4, 0.5) is 0 Å². The summed E-state index contributed by atoms with van der Waals surface area (Å²) in [7, 11) is 0. The number of hydrogen-bond donors (Lipinski definition) is 0. The average molecular weight is 257 g/mol. The maximum Gasteiger partial charge on any atom is 0.150 e. The predicted molar refractivity (Wildman–Crippen MR) is 72.3 cm³/mol. The highest BCUT2D eigenvalue weighted by atomic mass is 35.5. The van der Waals surface area contributed by atoms with Crippen molar-refractivity contribution in [1.29, 1.82) is 0 Å². The standard InChI is InChI=1S/C15H25ClO/c1-15(2,9-11-3-4-11)13-7-5-12(6-8-13)14(17)10-16/h11-13H,3-10H2,1-2H3. The Kier molecular flexibility index (Phi) is 4.18. The zero-order chi connectivity index (χ0) is 12.5. The van der Waals surface area contributed by atoms with Crippen molar-refractivity contribution in [3.8, 4) is 0 Å². The molecule has 0 atom stereocenters. The molecule has 0 unspecified atom stereocenters. The van der Waals surface area contributed by atoms with Crippen LogP contribution in [0.5, 0.6) is 0 Å². The van der Waals surface area contributed by atoms with E-state index < -0.39 is 0 Å². The van der Waals surface area contributed by atoms with Crippen molar-refractivity contribution in [2.24, 2.45) is 23.2 Å². The van der Waals surface area contributed by atoms with Crippen molar-refractivity contribution in [2.45, 2.75) is 58.8 Å². The van der Waals surface area contributed by atoms with E-state index in [2.05, 4.69) is 13.8 Å². The number of ketones is 1. The van der Waals surface area contributed by atoms with Crippen LogP contribution in [0.3, 0.4) is 0 Å². The fourth-order valence-corrected chi connectivity index (χ4v) is 3.76. The number of halogens is 1. The summed E-state index contributed by atoms with van der Waals surface area (Å²) in [5, 5.41) is 0. The average Bonchev–Trinajstić information content (AvgIpc) is 3.11. The predicted octanol–water partition coefficient (Wildman–Crippen LogP) is 4.43. The van der Waals surface area contributed by atoms with Gasteiger partial charge in [0.1, 0.15) is 0 Å². The molecule has 2 saturated carbocycles.